The van der Waals surface area contributed by atoms with E-state index < -0.39 is 12.1 Å². The van der Waals surface area contributed by atoms with Crippen LogP contribution in [0.4, 0.5) is 0 Å². The summed E-state index contributed by atoms with van der Waals surface area (Å²) in [6.07, 6.45) is 1.27. The molecule has 2 saturated heterocycles. The average Bonchev–Trinajstić information content (AvgIpc) is 2.84. The van der Waals surface area contributed by atoms with Gasteiger partial charge in [-0.25, -0.2) is 0 Å². The van der Waals surface area contributed by atoms with Gasteiger partial charge in [0.25, 0.3) is 0 Å². The smallest absolute Gasteiger partial charge is 0.245 e. The number of piperidine rings is 1. The van der Waals surface area contributed by atoms with Crippen LogP contribution in [0.25, 0.3) is 0 Å². The largest absolute Gasteiger partial charge is 0.508 e. The first-order valence-electron chi connectivity index (χ1n) is 13.0. The van der Waals surface area contributed by atoms with Crippen molar-refractivity contribution in [2.45, 2.75) is 70.6 Å². The van der Waals surface area contributed by atoms with Crippen LogP contribution in [-0.4, -0.2) is 63.0 Å². The first kappa shape index (κ1) is 24.6. The monoisotopic (exact) mass is 491 g/mol. The van der Waals surface area contributed by atoms with Gasteiger partial charge in [-0.3, -0.25) is 9.59 Å². The van der Waals surface area contributed by atoms with E-state index in [1.165, 1.54) is 0 Å². The molecule has 3 heterocycles. The molecule has 7 heteroatoms. The molecule has 0 aliphatic carbocycles. The fraction of sp³-hybridized carbons (Fsp3) is 0.517. The summed E-state index contributed by atoms with van der Waals surface area (Å²) in [5.74, 6) is 0.700. The Morgan fingerprint density at radius 1 is 1.08 bits per heavy atom. The Morgan fingerprint density at radius 3 is 2.56 bits per heavy atom. The van der Waals surface area contributed by atoms with E-state index in [-0.39, 0.29) is 46.6 Å². The number of hydrogen-bond donors (Lipinski definition) is 3. The third-order valence-electron chi connectivity index (χ3n) is 8.81. The zero-order valence-electron chi connectivity index (χ0n) is 21.6. The number of amides is 2. The molecule has 3 aliphatic heterocycles. The summed E-state index contributed by atoms with van der Waals surface area (Å²) in [5, 5.41) is 23.3. The number of rotatable bonds is 3. The lowest BCUT2D eigenvalue weighted by Gasteiger charge is -2.55. The highest BCUT2D eigenvalue weighted by Gasteiger charge is 2.51. The minimum absolute atomic E-state index is 0.00455. The van der Waals surface area contributed by atoms with Crippen molar-refractivity contribution in [3.8, 4) is 11.5 Å². The maximum Gasteiger partial charge on any atom is 0.245 e. The normalized spacial score (nSPS) is 30.2. The van der Waals surface area contributed by atoms with Gasteiger partial charge in [0.05, 0.1) is 12.1 Å². The number of carbonyl (C=O) groups excluding carboxylic acids is 2. The fourth-order valence-electron chi connectivity index (χ4n) is 6.53. The van der Waals surface area contributed by atoms with Gasteiger partial charge in [0.2, 0.25) is 11.8 Å². The summed E-state index contributed by atoms with van der Waals surface area (Å²) in [6.45, 7) is 10.1. The van der Waals surface area contributed by atoms with Crippen LogP contribution in [0.5, 0.6) is 11.5 Å². The molecule has 5 rings (SSSR count). The van der Waals surface area contributed by atoms with Gasteiger partial charge >= 0.3 is 0 Å². The van der Waals surface area contributed by atoms with Gasteiger partial charge in [-0.15, -0.1) is 0 Å². The van der Waals surface area contributed by atoms with Crippen molar-refractivity contribution < 1.29 is 19.8 Å². The Labute approximate surface area is 213 Å². The molecule has 2 aromatic rings. The standard InChI is InChI=1S/C29H37N3O4/c1-17(2)26-28(36)31-15-18(3)29(4,21-6-5-7-23(33)12-21)13-22(31)16-32(26)27(35)25-11-19-8-9-24(34)10-20(19)14-30-25/h5-10,12,17-18,22,25-26,30,33-34H,11,13-16H2,1-4H3/t18-,22+,25?,26-,29+/m0/s1. The van der Waals surface area contributed by atoms with Crippen LogP contribution in [0, 0.1) is 11.8 Å². The molecule has 5 atom stereocenters. The van der Waals surface area contributed by atoms with E-state index in [9.17, 15) is 19.8 Å². The minimum atomic E-state index is -0.478. The van der Waals surface area contributed by atoms with Crippen molar-refractivity contribution in [1.29, 1.82) is 0 Å². The van der Waals surface area contributed by atoms with Crippen molar-refractivity contribution in [3.63, 3.8) is 0 Å². The molecular formula is C29H37N3O4. The highest BCUT2D eigenvalue weighted by Crippen LogP contribution is 2.44. The summed E-state index contributed by atoms with van der Waals surface area (Å²) in [6, 6.07) is 11.8. The van der Waals surface area contributed by atoms with E-state index in [0.29, 0.717) is 26.1 Å². The van der Waals surface area contributed by atoms with Crippen molar-refractivity contribution in [1.82, 2.24) is 15.1 Å². The first-order valence-corrected chi connectivity index (χ1v) is 13.0. The molecule has 3 aliphatic rings. The number of nitrogens with one attached hydrogen (secondary N) is 1. The number of hydrogen-bond acceptors (Lipinski definition) is 5. The topological polar surface area (TPSA) is 93.1 Å². The number of aromatic hydroxyl groups is 2. The molecular weight excluding hydrogens is 454 g/mol. The van der Waals surface area contributed by atoms with Crippen LogP contribution in [0.15, 0.2) is 42.5 Å². The van der Waals surface area contributed by atoms with Crippen molar-refractivity contribution in [2.24, 2.45) is 11.8 Å². The average molecular weight is 492 g/mol. The lowest BCUT2D eigenvalue weighted by Crippen LogP contribution is -2.70. The van der Waals surface area contributed by atoms with Gasteiger partial charge in [0.1, 0.15) is 17.5 Å². The van der Waals surface area contributed by atoms with Crippen LogP contribution in [-0.2, 0) is 28.0 Å². The predicted octanol–water partition coefficient (Wildman–Crippen LogP) is 3.17. The summed E-state index contributed by atoms with van der Waals surface area (Å²) in [5.41, 5.74) is 2.91. The molecule has 0 bridgehead atoms. The molecule has 0 radical (unpaired) electrons. The molecule has 0 saturated carbocycles. The van der Waals surface area contributed by atoms with Crippen LogP contribution in [0.3, 0.4) is 0 Å². The fourth-order valence-corrected chi connectivity index (χ4v) is 6.53. The van der Waals surface area contributed by atoms with Gasteiger partial charge in [0, 0.05) is 19.6 Å². The van der Waals surface area contributed by atoms with E-state index in [0.717, 1.165) is 23.1 Å². The minimum Gasteiger partial charge on any atom is -0.508 e. The van der Waals surface area contributed by atoms with Crippen molar-refractivity contribution >= 4 is 11.8 Å². The Bertz CT molecular complexity index is 1180. The van der Waals surface area contributed by atoms with Crippen molar-refractivity contribution in [2.75, 3.05) is 13.1 Å². The second kappa shape index (κ2) is 9.11. The van der Waals surface area contributed by atoms with Crippen LogP contribution >= 0.6 is 0 Å². The second-order valence-corrected chi connectivity index (χ2v) is 11.5. The summed E-state index contributed by atoms with van der Waals surface area (Å²) >= 11 is 0. The van der Waals surface area contributed by atoms with Gasteiger partial charge in [-0.2, -0.15) is 0 Å². The number of nitrogens with zero attached hydrogens (tertiary/aromatic N) is 2. The molecule has 3 N–H and O–H groups in total. The molecule has 0 spiro atoms. The van der Waals surface area contributed by atoms with Crippen LogP contribution in [0.2, 0.25) is 0 Å². The van der Waals surface area contributed by atoms with E-state index in [2.05, 4.69) is 25.2 Å². The van der Waals surface area contributed by atoms with Crippen molar-refractivity contribution in [3.05, 3.63) is 59.2 Å². The van der Waals surface area contributed by atoms with Gasteiger partial charge in [-0.1, -0.05) is 45.9 Å². The first-order chi connectivity index (χ1) is 17.1. The Hall–Kier alpha value is -3.06. The highest BCUT2D eigenvalue weighted by molar-refractivity contribution is 5.92. The second-order valence-electron chi connectivity index (χ2n) is 11.5. The van der Waals surface area contributed by atoms with Gasteiger partial charge < -0.3 is 25.3 Å². The Morgan fingerprint density at radius 2 is 1.83 bits per heavy atom. The molecule has 2 aromatic carbocycles. The maximum absolute atomic E-state index is 13.9. The quantitative estimate of drug-likeness (QED) is 0.613. The van der Waals surface area contributed by atoms with E-state index in [4.69, 9.17) is 0 Å². The highest BCUT2D eigenvalue weighted by atomic mass is 16.3. The molecule has 7 nitrogen and oxygen atoms in total. The molecule has 36 heavy (non-hydrogen) atoms. The maximum atomic E-state index is 13.9. The molecule has 1 unspecified atom stereocenters. The summed E-state index contributed by atoms with van der Waals surface area (Å²) in [7, 11) is 0. The number of benzene rings is 2. The Kier molecular flexibility index (Phi) is 6.23. The number of fused-ring (bicyclic) bond motifs is 2. The van der Waals surface area contributed by atoms with Crippen LogP contribution < -0.4 is 5.32 Å². The number of phenols is 2. The number of phenolic OH excluding ortho intramolecular Hbond substituents is 2. The zero-order chi connectivity index (χ0) is 25.8. The number of carbonyl (C=O) groups is 2. The van der Waals surface area contributed by atoms with E-state index >= 15 is 0 Å². The SMILES string of the molecule is CC(C)[C@H]1C(=O)N2C[C@H](C)[C@](C)(c3cccc(O)c3)C[C@@H]2CN1C(=O)C1Cc2ccc(O)cc2CN1. The third-order valence-corrected chi connectivity index (χ3v) is 8.81. The molecule has 2 fully saturated rings. The zero-order valence-corrected chi connectivity index (χ0v) is 21.6. The lowest BCUT2D eigenvalue weighted by atomic mass is 9.65. The lowest BCUT2D eigenvalue weighted by molar-refractivity contribution is -0.163. The number of piperazine rings is 1. The van der Waals surface area contributed by atoms with Crippen LogP contribution in [0.1, 0.15) is 50.8 Å². The predicted molar refractivity (Wildman–Crippen MR) is 138 cm³/mol. The third kappa shape index (κ3) is 4.13. The molecule has 2 amide bonds. The van der Waals surface area contributed by atoms with Gasteiger partial charge in [-0.05, 0) is 71.0 Å². The molecule has 0 aromatic heterocycles. The van der Waals surface area contributed by atoms with E-state index in [1.807, 2.05) is 41.8 Å². The summed E-state index contributed by atoms with van der Waals surface area (Å²) < 4.78 is 0. The molecule has 192 valence electrons. The summed E-state index contributed by atoms with van der Waals surface area (Å²) in [4.78, 5) is 31.6. The van der Waals surface area contributed by atoms with E-state index in [1.54, 1.807) is 18.2 Å². The van der Waals surface area contributed by atoms with Gasteiger partial charge in [0.15, 0.2) is 0 Å². The Balaban J connectivity index is 1.42.